The minimum absolute atomic E-state index is 0.124. The number of aromatic nitrogens is 4. The van der Waals surface area contributed by atoms with Gasteiger partial charge in [0.15, 0.2) is 0 Å². The molecule has 0 bridgehead atoms. The molecular weight excluding hydrogens is 510 g/mol. The number of unbranched alkanes of at least 4 members (excludes halogenated alkanes) is 2. The summed E-state index contributed by atoms with van der Waals surface area (Å²) in [7, 11) is 0. The Bertz CT molecular complexity index is 1360. The van der Waals surface area contributed by atoms with Gasteiger partial charge in [-0.3, -0.25) is 4.79 Å². The zero-order valence-electron chi connectivity index (χ0n) is 24.8. The van der Waals surface area contributed by atoms with Crippen LogP contribution in [-0.2, 0) is 6.54 Å². The van der Waals surface area contributed by atoms with E-state index in [1.54, 1.807) is 6.20 Å². The van der Waals surface area contributed by atoms with E-state index in [0.29, 0.717) is 0 Å². The van der Waals surface area contributed by atoms with Crippen LogP contribution in [0.5, 0.6) is 0 Å². The van der Waals surface area contributed by atoms with Crippen molar-refractivity contribution in [3.8, 4) is 5.69 Å². The molecule has 1 N–H and O–H groups in total. The lowest BCUT2D eigenvalue weighted by Crippen LogP contribution is -2.33. The van der Waals surface area contributed by atoms with Crippen molar-refractivity contribution in [2.75, 3.05) is 38.0 Å². The van der Waals surface area contributed by atoms with E-state index < -0.39 is 0 Å². The first-order valence-corrected chi connectivity index (χ1v) is 15.5. The van der Waals surface area contributed by atoms with E-state index in [0.717, 1.165) is 92.2 Å². The second-order valence-corrected chi connectivity index (χ2v) is 11.2. The zero-order chi connectivity index (χ0) is 28.4. The summed E-state index contributed by atoms with van der Waals surface area (Å²) >= 11 is 0. The van der Waals surface area contributed by atoms with Gasteiger partial charge < -0.3 is 19.7 Å². The number of fused-ring (bicyclic) bond motifs is 1. The highest BCUT2D eigenvalue weighted by atomic mass is 16.2. The SMILES string of the molecule is CCCCN(CCCC)C(=O)c1ccc2nc(Nc3ccc(-n4cccn4)cc3)n(CCCN3CCCCC3)c2c1. The second-order valence-electron chi connectivity index (χ2n) is 11.2. The maximum Gasteiger partial charge on any atom is 0.253 e. The van der Waals surface area contributed by atoms with Crippen LogP contribution in [0.3, 0.4) is 0 Å². The van der Waals surface area contributed by atoms with Crippen molar-refractivity contribution >= 4 is 28.6 Å². The van der Waals surface area contributed by atoms with Gasteiger partial charge in [0.25, 0.3) is 5.91 Å². The van der Waals surface area contributed by atoms with Crippen LogP contribution >= 0.6 is 0 Å². The van der Waals surface area contributed by atoms with Gasteiger partial charge in [0.1, 0.15) is 0 Å². The molecule has 1 amide bonds. The first-order valence-electron chi connectivity index (χ1n) is 15.5. The molecule has 2 aromatic carbocycles. The van der Waals surface area contributed by atoms with Gasteiger partial charge in [0, 0.05) is 43.3 Å². The van der Waals surface area contributed by atoms with E-state index in [1.807, 2.05) is 34.0 Å². The number of benzene rings is 2. The molecule has 0 unspecified atom stereocenters. The van der Waals surface area contributed by atoms with Gasteiger partial charge in [0.05, 0.1) is 16.7 Å². The molecule has 1 saturated heterocycles. The summed E-state index contributed by atoms with van der Waals surface area (Å²) < 4.78 is 4.11. The summed E-state index contributed by atoms with van der Waals surface area (Å²) in [6.45, 7) is 10.3. The van der Waals surface area contributed by atoms with E-state index in [-0.39, 0.29) is 5.91 Å². The molecule has 0 saturated carbocycles. The fraction of sp³-hybridized carbons (Fsp3) is 0.485. The Morgan fingerprint density at radius 1 is 0.927 bits per heavy atom. The predicted molar refractivity (Wildman–Crippen MR) is 167 cm³/mol. The van der Waals surface area contributed by atoms with Crippen LogP contribution in [0.2, 0.25) is 0 Å². The van der Waals surface area contributed by atoms with Gasteiger partial charge in [-0.1, -0.05) is 33.1 Å². The molecule has 4 aromatic rings. The average molecular weight is 556 g/mol. The number of carbonyl (C=O) groups is 1. The lowest BCUT2D eigenvalue weighted by atomic mass is 10.1. The Kier molecular flexibility index (Phi) is 10.1. The number of likely N-dealkylation sites (tertiary alicyclic amines) is 1. The highest BCUT2D eigenvalue weighted by molar-refractivity contribution is 5.98. The number of anilines is 2. The number of hydrogen-bond donors (Lipinski definition) is 1. The largest absolute Gasteiger partial charge is 0.339 e. The molecule has 5 rings (SSSR count). The molecule has 1 aliphatic heterocycles. The van der Waals surface area contributed by atoms with E-state index >= 15 is 0 Å². The highest BCUT2D eigenvalue weighted by Crippen LogP contribution is 2.26. The van der Waals surface area contributed by atoms with E-state index in [4.69, 9.17) is 4.98 Å². The Labute approximate surface area is 244 Å². The lowest BCUT2D eigenvalue weighted by molar-refractivity contribution is 0.0751. The lowest BCUT2D eigenvalue weighted by Gasteiger charge is -2.26. The van der Waals surface area contributed by atoms with Crippen molar-refractivity contribution in [2.24, 2.45) is 0 Å². The summed E-state index contributed by atoms with van der Waals surface area (Å²) in [5, 5.41) is 7.89. The quantitative estimate of drug-likeness (QED) is 0.184. The minimum atomic E-state index is 0.124. The number of rotatable bonds is 14. The molecular formula is C33H45N7O. The van der Waals surface area contributed by atoms with Crippen molar-refractivity contribution < 1.29 is 4.79 Å². The number of aryl methyl sites for hydroxylation is 1. The van der Waals surface area contributed by atoms with Gasteiger partial charge in [-0.25, -0.2) is 9.67 Å². The van der Waals surface area contributed by atoms with E-state index in [2.05, 4.69) is 64.1 Å². The summed E-state index contributed by atoms with van der Waals surface area (Å²) in [5.74, 6) is 0.933. The van der Waals surface area contributed by atoms with Crippen molar-refractivity contribution in [3.63, 3.8) is 0 Å². The van der Waals surface area contributed by atoms with E-state index in [1.165, 1.54) is 32.4 Å². The van der Waals surface area contributed by atoms with Crippen LogP contribution in [-0.4, -0.2) is 67.8 Å². The summed E-state index contributed by atoms with van der Waals surface area (Å²) in [5.41, 5.74) is 4.64. The van der Waals surface area contributed by atoms with Crippen LogP contribution in [0, 0.1) is 0 Å². The monoisotopic (exact) mass is 555 g/mol. The zero-order valence-corrected chi connectivity index (χ0v) is 24.8. The smallest absolute Gasteiger partial charge is 0.253 e. The van der Waals surface area contributed by atoms with Gasteiger partial charge in [0.2, 0.25) is 5.95 Å². The molecule has 8 heteroatoms. The van der Waals surface area contributed by atoms with Crippen LogP contribution in [0.4, 0.5) is 11.6 Å². The Hall–Kier alpha value is -3.65. The molecule has 1 fully saturated rings. The highest BCUT2D eigenvalue weighted by Gasteiger charge is 2.19. The predicted octanol–water partition coefficient (Wildman–Crippen LogP) is 6.88. The minimum Gasteiger partial charge on any atom is -0.339 e. The van der Waals surface area contributed by atoms with Crippen LogP contribution in [0.25, 0.3) is 16.7 Å². The molecule has 0 spiro atoms. The Morgan fingerprint density at radius 2 is 1.68 bits per heavy atom. The molecule has 3 heterocycles. The summed E-state index contributed by atoms with van der Waals surface area (Å²) in [6.07, 6.45) is 12.9. The normalized spacial score (nSPS) is 14.0. The number of amides is 1. The van der Waals surface area contributed by atoms with Gasteiger partial charge >= 0.3 is 0 Å². The summed E-state index contributed by atoms with van der Waals surface area (Å²) in [4.78, 5) is 23.2. The molecule has 2 aromatic heterocycles. The number of hydrogen-bond acceptors (Lipinski definition) is 5. The first kappa shape index (κ1) is 28.9. The van der Waals surface area contributed by atoms with Crippen molar-refractivity contribution in [2.45, 2.75) is 71.8 Å². The topological polar surface area (TPSA) is 71.2 Å². The van der Waals surface area contributed by atoms with Crippen LogP contribution < -0.4 is 5.32 Å². The number of nitrogens with zero attached hydrogens (tertiary/aromatic N) is 6. The maximum absolute atomic E-state index is 13.6. The van der Waals surface area contributed by atoms with Crippen LogP contribution in [0.1, 0.15) is 75.6 Å². The molecule has 218 valence electrons. The fourth-order valence-corrected chi connectivity index (χ4v) is 5.66. The average Bonchev–Trinajstić information content (AvgIpc) is 3.66. The molecule has 41 heavy (non-hydrogen) atoms. The molecule has 0 radical (unpaired) electrons. The van der Waals surface area contributed by atoms with Crippen molar-refractivity contribution in [3.05, 3.63) is 66.5 Å². The number of carbonyl (C=O) groups excluding carboxylic acids is 1. The third-order valence-electron chi connectivity index (χ3n) is 8.04. The Balaban J connectivity index is 1.41. The van der Waals surface area contributed by atoms with Gasteiger partial charge in [-0.15, -0.1) is 0 Å². The second kappa shape index (κ2) is 14.3. The standard InChI is InChI=1S/C33H45N7O/c1-3-5-22-38(23-6-4-2)32(41)27-12-17-30-31(26-27)39(24-11-21-37-19-8-7-9-20-37)33(36-30)35-28-13-15-29(16-14-28)40-25-10-18-34-40/h10,12-18,25-26H,3-9,11,19-24H2,1-2H3,(H,35,36). The number of imidazole rings is 1. The maximum atomic E-state index is 13.6. The number of piperidine rings is 1. The van der Waals surface area contributed by atoms with Crippen molar-refractivity contribution in [1.29, 1.82) is 0 Å². The van der Waals surface area contributed by atoms with Gasteiger partial charge in [-0.05, 0) is 100 Å². The first-order chi connectivity index (χ1) is 20.2. The number of nitrogens with one attached hydrogen (secondary N) is 1. The van der Waals surface area contributed by atoms with Crippen molar-refractivity contribution in [1.82, 2.24) is 29.1 Å². The third kappa shape index (κ3) is 7.36. The molecule has 8 nitrogen and oxygen atoms in total. The third-order valence-corrected chi connectivity index (χ3v) is 8.04. The van der Waals surface area contributed by atoms with Crippen LogP contribution in [0.15, 0.2) is 60.9 Å². The summed E-state index contributed by atoms with van der Waals surface area (Å²) in [6, 6.07) is 16.2. The molecule has 0 atom stereocenters. The molecule has 0 aliphatic carbocycles. The fourth-order valence-electron chi connectivity index (χ4n) is 5.66. The van der Waals surface area contributed by atoms with E-state index in [9.17, 15) is 4.79 Å². The Morgan fingerprint density at radius 3 is 2.37 bits per heavy atom. The molecule has 1 aliphatic rings. The van der Waals surface area contributed by atoms with Gasteiger partial charge in [-0.2, -0.15) is 5.10 Å².